The number of hydrogen-bond donors (Lipinski definition) is 0. The van der Waals surface area contributed by atoms with E-state index in [0.717, 1.165) is 38.5 Å². The Hall–Kier alpha value is 0.369. The molecule has 0 fully saturated rings. The summed E-state index contributed by atoms with van der Waals surface area (Å²) < 4.78 is 0. The summed E-state index contributed by atoms with van der Waals surface area (Å²) in [6, 6.07) is 0. The van der Waals surface area contributed by atoms with Crippen LogP contribution in [0.3, 0.4) is 0 Å². The molecule has 6 heteroatoms. The maximum atomic E-state index is 10.3. The zero-order valence-electron chi connectivity index (χ0n) is 14.3. The summed E-state index contributed by atoms with van der Waals surface area (Å²) >= 11 is 0. The van der Waals surface area contributed by atoms with Gasteiger partial charge in [-0.05, 0) is 37.5 Å². The van der Waals surface area contributed by atoms with Crippen molar-refractivity contribution in [3.63, 3.8) is 0 Å². The number of hydrogen-bond acceptors (Lipinski definition) is 4. The van der Waals surface area contributed by atoms with E-state index in [1.807, 2.05) is 13.8 Å². The fourth-order valence-electron chi connectivity index (χ4n) is 1.88. The molecule has 0 saturated carbocycles. The van der Waals surface area contributed by atoms with Crippen molar-refractivity contribution >= 4 is 39.2 Å². The summed E-state index contributed by atoms with van der Waals surface area (Å²) in [6.45, 7) is 7.89. The van der Waals surface area contributed by atoms with E-state index in [0.29, 0.717) is 12.8 Å². The molecule has 0 aromatic rings. The first-order valence-electron chi connectivity index (χ1n) is 7.86. The molecule has 4 nitrogen and oxygen atoms in total. The Kier molecular flexibility index (Phi) is 29.4. The van der Waals surface area contributed by atoms with E-state index < -0.39 is 11.9 Å². The van der Waals surface area contributed by atoms with Gasteiger partial charge in [-0.1, -0.05) is 53.4 Å². The number of carbonyl (C=O) groups is 2. The fraction of sp³-hybridized carbons (Fsp3) is 0.875. The molecule has 0 aliphatic carbocycles. The molecule has 0 aliphatic heterocycles. The Bertz CT molecular complexity index is 237. The monoisotopic (exact) mass is 553 g/mol. The molecule has 0 aliphatic rings. The van der Waals surface area contributed by atoms with Gasteiger partial charge in [-0.3, -0.25) is 0 Å². The Morgan fingerprint density at radius 3 is 1.18 bits per heavy atom. The van der Waals surface area contributed by atoms with Crippen LogP contribution in [0, 0.1) is 11.8 Å². The Morgan fingerprint density at radius 1 is 0.773 bits per heavy atom. The molecule has 0 spiro atoms. The molecule has 0 aromatic heterocycles. The van der Waals surface area contributed by atoms with E-state index in [9.17, 15) is 19.8 Å². The first kappa shape index (κ1) is 30.3. The fourth-order valence-corrected chi connectivity index (χ4v) is 1.88. The second kappa shape index (κ2) is 21.4. The number of unbranched alkanes of at least 4 members (excludes halogenated alkanes) is 2. The van der Waals surface area contributed by atoms with Gasteiger partial charge in [0, 0.05) is 28.7 Å². The van der Waals surface area contributed by atoms with Crippen molar-refractivity contribution in [1.82, 2.24) is 0 Å². The first-order valence-corrected chi connectivity index (χ1v) is 7.86. The van der Waals surface area contributed by atoms with Crippen molar-refractivity contribution in [1.29, 1.82) is 0 Å². The van der Waals surface area contributed by atoms with E-state index in [4.69, 9.17) is 0 Å². The van der Waals surface area contributed by atoms with Crippen LogP contribution in [-0.2, 0) is 26.4 Å². The molecule has 0 N–H and O–H groups in total. The van der Waals surface area contributed by atoms with E-state index in [1.165, 1.54) is 0 Å². The number of rotatable bonds is 10. The molecular weight excluding hydrogens is 522 g/mol. The van der Waals surface area contributed by atoms with Crippen LogP contribution in [0.1, 0.15) is 79.1 Å². The molecule has 0 aromatic carbocycles. The van der Waals surface area contributed by atoms with Crippen molar-refractivity contribution in [2.24, 2.45) is 11.8 Å². The summed E-state index contributed by atoms with van der Waals surface area (Å²) in [5.74, 6) is -2.23. The van der Waals surface area contributed by atoms with Gasteiger partial charge in [0.05, 0.1) is 0 Å². The maximum Gasteiger partial charge on any atom is 2.00 e. The smallest absolute Gasteiger partial charge is 0.550 e. The third-order valence-corrected chi connectivity index (χ3v) is 3.46. The molecule has 0 bridgehead atoms. The van der Waals surface area contributed by atoms with Crippen LogP contribution in [-0.4, -0.2) is 39.2 Å². The zero-order chi connectivity index (χ0) is 16.0. The second-order valence-electron chi connectivity index (χ2n) is 5.13. The van der Waals surface area contributed by atoms with Crippen LogP contribution in [0.5, 0.6) is 0 Å². The minimum Gasteiger partial charge on any atom is -0.550 e. The van der Waals surface area contributed by atoms with Gasteiger partial charge in [0.1, 0.15) is 0 Å². The summed E-state index contributed by atoms with van der Waals surface area (Å²) in [5.41, 5.74) is 0. The molecule has 3 radical (unpaired) electrons. The SMILES string of the molecule is CCCCC(CC)C(=O)[O-].CCCCC(CC)C(=O)[O-].[Co].[Pb+2]. The van der Waals surface area contributed by atoms with Crippen molar-refractivity contribution in [2.75, 3.05) is 0 Å². The van der Waals surface area contributed by atoms with E-state index in [1.54, 1.807) is 0 Å². The maximum absolute atomic E-state index is 10.3. The number of carbonyl (C=O) groups excluding carboxylic acids is 2. The van der Waals surface area contributed by atoms with Crippen molar-refractivity contribution in [2.45, 2.75) is 79.1 Å². The predicted molar refractivity (Wildman–Crippen MR) is 82.4 cm³/mol. The first-order chi connectivity index (χ1) is 9.44. The number of aliphatic carboxylic acids is 2. The van der Waals surface area contributed by atoms with Gasteiger partial charge >= 0.3 is 27.3 Å². The quantitative estimate of drug-likeness (QED) is 0.385. The van der Waals surface area contributed by atoms with Gasteiger partial charge < -0.3 is 19.8 Å². The minimum atomic E-state index is -0.893. The second-order valence-corrected chi connectivity index (χ2v) is 5.13. The Morgan fingerprint density at radius 2 is 1.05 bits per heavy atom. The Balaban J connectivity index is -0.000000135. The summed E-state index contributed by atoms with van der Waals surface area (Å²) in [4.78, 5) is 20.7. The normalized spacial score (nSPS) is 11.8. The molecular formula is C16H30CoO4Pb. The van der Waals surface area contributed by atoms with Gasteiger partial charge in [0.2, 0.25) is 0 Å². The average molecular weight is 553 g/mol. The van der Waals surface area contributed by atoms with Gasteiger partial charge in [-0.2, -0.15) is 0 Å². The van der Waals surface area contributed by atoms with Gasteiger partial charge in [-0.25, -0.2) is 0 Å². The molecule has 2 atom stereocenters. The Labute approximate surface area is 166 Å². The summed E-state index contributed by atoms with van der Waals surface area (Å²) in [7, 11) is 0. The molecule has 0 heterocycles. The molecule has 2 unspecified atom stereocenters. The third kappa shape index (κ3) is 18.4. The molecule has 0 saturated heterocycles. The summed E-state index contributed by atoms with van der Waals surface area (Å²) in [6.07, 6.45) is 7.04. The van der Waals surface area contributed by atoms with Crippen LogP contribution in [0.25, 0.3) is 0 Å². The average Bonchev–Trinajstić information content (AvgIpc) is 2.40. The van der Waals surface area contributed by atoms with Crippen molar-refractivity contribution in [3.05, 3.63) is 0 Å². The van der Waals surface area contributed by atoms with Crippen LogP contribution in [0.15, 0.2) is 0 Å². The molecule has 131 valence electrons. The van der Waals surface area contributed by atoms with Crippen LogP contribution < -0.4 is 10.2 Å². The molecule has 0 rings (SSSR count). The van der Waals surface area contributed by atoms with E-state index >= 15 is 0 Å². The molecule has 0 amide bonds. The standard InChI is InChI=1S/2C8H16O2.Co.Pb/c2*1-3-5-6-7(4-2)8(9)10;;/h2*7H,3-6H2,1-2H3,(H,9,10);;/q;;;+2/p-2. The van der Waals surface area contributed by atoms with E-state index in [2.05, 4.69) is 13.8 Å². The van der Waals surface area contributed by atoms with E-state index in [-0.39, 0.29) is 55.9 Å². The van der Waals surface area contributed by atoms with Crippen LogP contribution >= 0.6 is 0 Å². The minimum absolute atomic E-state index is 0. The molecule has 22 heavy (non-hydrogen) atoms. The van der Waals surface area contributed by atoms with Crippen molar-refractivity contribution < 1.29 is 36.6 Å². The number of carboxylic acid groups (broad SMARTS) is 2. The van der Waals surface area contributed by atoms with Crippen LogP contribution in [0.4, 0.5) is 0 Å². The zero-order valence-corrected chi connectivity index (χ0v) is 19.2. The topological polar surface area (TPSA) is 80.3 Å². The van der Waals surface area contributed by atoms with Crippen molar-refractivity contribution in [3.8, 4) is 0 Å². The van der Waals surface area contributed by atoms with Gasteiger partial charge in [0.15, 0.2) is 0 Å². The van der Waals surface area contributed by atoms with Gasteiger partial charge in [-0.15, -0.1) is 0 Å². The third-order valence-electron chi connectivity index (χ3n) is 3.46. The predicted octanol–water partition coefficient (Wildman–Crippen LogP) is 1.52. The largest absolute Gasteiger partial charge is 2.00 e. The van der Waals surface area contributed by atoms with Crippen LogP contribution in [0.2, 0.25) is 0 Å². The summed E-state index contributed by atoms with van der Waals surface area (Å²) in [5, 5.41) is 20.7. The van der Waals surface area contributed by atoms with Gasteiger partial charge in [0.25, 0.3) is 0 Å². The number of carboxylic acids is 2.